The van der Waals surface area contributed by atoms with E-state index in [2.05, 4.69) is 15.5 Å². The Bertz CT molecular complexity index is 832. The number of hydrogen-bond acceptors (Lipinski definition) is 5. The van der Waals surface area contributed by atoms with E-state index in [0.29, 0.717) is 22.9 Å². The number of aromatic nitrogens is 2. The molecule has 0 saturated carbocycles. The second-order valence-corrected chi connectivity index (χ2v) is 6.30. The fourth-order valence-corrected chi connectivity index (χ4v) is 2.60. The highest BCUT2D eigenvalue weighted by atomic mass is 35.5. The van der Waals surface area contributed by atoms with E-state index in [4.69, 9.17) is 16.0 Å². The van der Waals surface area contributed by atoms with Crippen LogP contribution in [0, 0.1) is 0 Å². The Kier molecular flexibility index (Phi) is 5.17. The Morgan fingerprint density at radius 2 is 1.83 bits per heavy atom. The van der Waals surface area contributed by atoms with Crippen molar-refractivity contribution in [1.29, 1.82) is 0 Å². The largest absolute Gasteiger partial charge is 0.407 e. The van der Waals surface area contributed by atoms with Crippen LogP contribution in [0.3, 0.4) is 0 Å². The Labute approximate surface area is 148 Å². The van der Waals surface area contributed by atoms with Gasteiger partial charge < -0.3 is 4.42 Å². The van der Waals surface area contributed by atoms with Crippen LogP contribution in [0.15, 0.2) is 57.8 Å². The minimum atomic E-state index is -0.328. The molecule has 0 aliphatic carbocycles. The number of thioether (sulfide) groups is 1. The molecule has 0 saturated heterocycles. The number of amides is 1. The van der Waals surface area contributed by atoms with Gasteiger partial charge in [-0.1, -0.05) is 28.8 Å². The standard InChI is InChI=1S/C17H14ClN3O2S/c1-24-14-8-2-11(3-9-14)10-15-20-21-17(23-15)19-16(22)12-4-6-13(18)7-5-12/h2-9H,10H2,1H3,(H,19,21,22). The van der Waals surface area contributed by atoms with Gasteiger partial charge in [0.15, 0.2) is 0 Å². The summed E-state index contributed by atoms with van der Waals surface area (Å²) in [5, 5.41) is 11.0. The Hall–Kier alpha value is -2.31. The summed E-state index contributed by atoms with van der Waals surface area (Å²) in [7, 11) is 0. The average molecular weight is 360 g/mol. The predicted octanol–water partition coefficient (Wildman–Crippen LogP) is 4.29. The summed E-state index contributed by atoms with van der Waals surface area (Å²) < 4.78 is 5.47. The molecule has 24 heavy (non-hydrogen) atoms. The minimum absolute atomic E-state index is 0.0747. The molecule has 0 radical (unpaired) electrons. The van der Waals surface area contributed by atoms with Gasteiger partial charge in [0, 0.05) is 15.5 Å². The highest BCUT2D eigenvalue weighted by Crippen LogP contribution is 2.18. The molecular weight excluding hydrogens is 346 g/mol. The molecule has 1 heterocycles. The van der Waals surface area contributed by atoms with E-state index in [0.717, 1.165) is 5.56 Å². The molecule has 0 atom stereocenters. The van der Waals surface area contributed by atoms with Crippen LogP contribution in [0.1, 0.15) is 21.8 Å². The number of hydrogen-bond donors (Lipinski definition) is 1. The van der Waals surface area contributed by atoms with Crippen LogP contribution in [-0.2, 0) is 6.42 Å². The van der Waals surface area contributed by atoms with Crippen LogP contribution in [0.2, 0.25) is 5.02 Å². The molecule has 0 spiro atoms. The summed E-state index contributed by atoms with van der Waals surface area (Å²) in [6, 6.07) is 14.7. The number of anilines is 1. The molecule has 0 fully saturated rings. The number of halogens is 1. The van der Waals surface area contributed by atoms with Gasteiger partial charge in [-0.05, 0) is 48.2 Å². The first-order chi connectivity index (χ1) is 11.6. The van der Waals surface area contributed by atoms with Crippen molar-refractivity contribution in [2.45, 2.75) is 11.3 Å². The van der Waals surface area contributed by atoms with E-state index < -0.39 is 0 Å². The van der Waals surface area contributed by atoms with Crippen LogP contribution in [0.4, 0.5) is 6.01 Å². The summed E-state index contributed by atoms with van der Waals surface area (Å²) in [5.41, 5.74) is 1.53. The molecule has 122 valence electrons. The average Bonchev–Trinajstić information content (AvgIpc) is 3.03. The second kappa shape index (κ2) is 7.51. The first-order valence-electron chi connectivity index (χ1n) is 7.16. The van der Waals surface area contributed by atoms with Crippen LogP contribution < -0.4 is 5.32 Å². The van der Waals surface area contributed by atoms with E-state index in [9.17, 15) is 4.79 Å². The maximum Gasteiger partial charge on any atom is 0.322 e. The van der Waals surface area contributed by atoms with Gasteiger partial charge in [0.1, 0.15) is 0 Å². The Morgan fingerprint density at radius 3 is 2.50 bits per heavy atom. The SMILES string of the molecule is CSc1ccc(Cc2nnc(NC(=O)c3ccc(Cl)cc3)o2)cc1. The fourth-order valence-electron chi connectivity index (χ4n) is 2.06. The predicted molar refractivity (Wildman–Crippen MR) is 94.7 cm³/mol. The monoisotopic (exact) mass is 359 g/mol. The lowest BCUT2D eigenvalue weighted by Crippen LogP contribution is -2.11. The molecule has 7 heteroatoms. The molecule has 3 aromatic rings. The Morgan fingerprint density at radius 1 is 1.12 bits per heavy atom. The van der Waals surface area contributed by atoms with E-state index >= 15 is 0 Å². The maximum atomic E-state index is 12.1. The molecular formula is C17H14ClN3O2S. The number of rotatable bonds is 5. The topological polar surface area (TPSA) is 68.0 Å². The normalized spacial score (nSPS) is 10.6. The summed E-state index contributed by atoms with van der Waals surface area (Å²) in [6.45, 7) is 0. The third kappa shape index (κ3) is 4.15. The van der Waals surface area contributed by atoms with Gasteiger partial charge in [0.05, 0.1) is 6.42 Å². The summed E-state index contributed by atoms with van der Waals surface area (Å²) >= 11 is 7.49. The van der Waals surface area contributed by atoms with Crippen LogP contribution in [0.5, 0.6) is 0 Å². The van der Waals surface area contributed by atoms with Crippen LogP contribution in [-0.4, -0.2) is 22.4 Å². The first-order valence-corrected chi connectivity index (χ1v) is 8.76. The Balaban J connectivity index is 1.64. The zero-order valence-electron chi connectivity index (χ0n) is 12.8. The molecule has 3 rings (SSSR count). The fraction of sp³-hybridized carbons (Fsp3) is 0.118. The molecule has 1 N–H and O–H groups in total. The molecule has 0 aliphatic rings. The second-order valence-electron chi connectivity index (χ2n) is 4.99. The number of benzene rings is 2. The van der Waals surface area contributed by atoms with E-state index in [1.807, 2.05) is 30.5 Å². The quantitative estimate of drug-likeness (QED) is 0.688. The first kappa shape index (κ1) is 16.5. The van der Waals surface area contributed by atoms with Crippen molar-refractivity contribution in [2.75, 3.05) is 11.6 Å². The van der Waals surface area contributed by atoms with Crippen molar-refractivity contribution in [1.82, 2.24) is 10.2 Å². The van der Waals surface area contributed by atoms with Gasteiger partial charge in [-0.3, -0.25) is 10.1 Å². The zero-order chi connectivity index (χ0) is 16.9. The van der Waals surface area contributed by atoms with Crippen molar-refractivity contribution >= 4 is 35.3 Å². The smallest absolute Gasteiger partial charge is 0.322 e. The van der Waals surface area contributed by atoms with Crippen molar-refractivity contribution in [3.8, 4) is 0 Å². The van der Waals surface area contributed by atoms with Crippen molar-refractivity contribution in [2.24, 2.45) is 0 Å². The third-order valence-electron chi connectivity index (χ3n) is 3.31. The third-order valence-corrected chi connectivity index (χ3v) is 4.30. The highest BCUT2D eigenvalue weighted by molar-refractivity contribution is 7.98. The number of carbonyl (C=O) groups excluding carboxylic acids is 1. The van der Waals surface area contributed by atoms with Crippen molar-refractivity contribution < 1.29 is 9.21 Å². The molecule has 1 amide bonds. The molecule has 0 unspecified atom stereocenters. The van der Waals surface area contributed by atoms with Gasteiger partial charge in [-0.25, -0.2) is 0 Å². The van der Waals surface area contributed by atoms with Crippen LogP contribution in [0.25, 0.3) is 0 Å². The van der Waals surface area contributed by atoms with E-state index in [1.54, 1.807) is 36.0 Å². The molecule has 0 bridgehead atoms. The molecule has 1 aromatic heterocycles. The van der Waals surface area contributed by atoms with Crippen molar-refractivity contribution in [3.05, 3.63) is 70.6 Å². The van der Waals surface area contributed by atoms with Gasteiger partial charge in [-0.15, -0.1) is 16.9 Å². The summed E-state index contributed by atoms with van der Waals surface area (Å²) in [6.07, 6.45) is 2.54. The lowest BCUT2D eigenvalue weighted by molar-refractivity contribution is 0.102. The number of carbonyl (C=O) groups is 1. The summed E-state index contributed by atoms with van der Waals surface area (Å²) in [4.78, 5) is 13.3. The number of nitrogens with one attached hydrogen (secondary N) is 1. The summed E-state index contributed by atoms with van der Waals surface area (Å²) in [5.74, 6) is 0.115. The van der Waals surface area contributed by atoms with Gasteiger partial charge in [0.2, 0.25) is 5.89 Å². The van der Waals surface area contributed by atoms with Crippen molar-refractivity contribution in [3.63, 3.8) is 0 Å². The molecule has 5 nitrogen and oxygen atoms in total. The molecule has 2 aromatic carbocycles. The molecule has 0 aliphatic heterocycles. The lowest BCUT2D eigenvalue weighted by Gasteiger charge is -2.01. The van der Waals surface area contributed by atoms with Gasteiger partial charge >= 0.3 is 6.01 Å². The van der Waals surface area contributed by atoms with E-state index in [-0.39, 0.29) is 11.9 Å². The number of nitrogens with zero attached hydrogens (tertiary/aromatic N) is 2. The van der Waals surface area contributed by atoms with E-state index in [1.165, 1.54) is 4.90 Å². The highest BCUT2D eigenvalue weighted by Gasteiger charge is 2.12. The lowest BCUT2D eigenvalue weighted by atomic mass is 10.1. The van der Waals surface area contributed by atoms with Crippen LogP contribution >= 0.6 is 23.4 Å². The minimum Gasteiger partial charge on any atom is -0.407 e. The van der Waals surface area contributed by atoms with Gasteiger partial charge in [0.25, 0.3) is 5.91 Å². The zero-order valence-corrected chi connectivity index (χ0v) is 14.4. The maximum absolute atomic E-state index is 12.1. The van der Waals surface area contributed by atoms with Gasteiger partial charge in [-0.2, -0.15) is 0 Å².